The summed E-state index contributed by atoms with van der Waals surface area (Å²) < 4.78 is 0. The molecule has 74 valence electrons. The van der Waals surface area contributed by atoms with Gasteiger partial charge >= 0.3 is 6.03 Å². The highest BCUT2D eigenvalue weighted by molar-refractivity contribution is 5.87. The predicted octanol–water partition coefficient (Wildman–Crippen LogP) is 0.125. The molecule has 2 amide bonds. The first kappa shape index (κ1) is 9.98. The van der Waals surface area contributed by atoms with Crippen LogP contribution in [0.5, 0.6) is 0 Å². The van der Waals surface area contributed by atoms with Crippen molar-refractivity contribution >= 4 is 11.7 Å². The Hall–Kier alpha value is -1.10. The van der Waals surface area contributed by atoms with E-state index in [-0.39, 0.29) is 0 Å². The molecule has 1 aliphatic rings. The van der Waals surface area contributed by atoms with Crippen molar-refractivity contribution in [2.24, 2.45) is 10.8 Å². The molecule has 0 saturated carbocycles. The topological polar surface area (TPSA) is 70.7 Å². The third kappa shape index (κ3) is 3.02. The largest absolute Gasteiger partial charge is 0.350 e. The third-order valence-electron chi connectivity index (χ3n) is 2.36. The Morgan fingerprint density at radius 3 is 3.00 bits per heavy atom. The summed E-state index contributed by atoms with van der Waals surface area (Å²) in [4.78, 5) is 12.6. The zero-order chi connectivity index (χ0) is 9.84. The quantitative estimate of drug-likeness (QED) is 0.568. The molecule has 1 atom stereocenters. The molecular weight excluding hydrogens is 168 g/mol. The molecule has 5 heteroatoms. The molecule has 1 heterocycles. The van der Waals surface area contributed by atoms with E-state index in [4.69, 9.17) is 5.73 Å². The summed E-state index contributed by atoms with van der Waals surface area (Å²) in [7, 11) is 2.09. The van der Waals surface area contributed by atoms with Crippen molar-refractivity contribution in [1.82, 2.24) is 10.3 Å². The fourth-order valence-corrected chi connectivity index (χ4v) is 1.36. The van der Waals surface area contributed by atoms with Crippen LogP contribution in [-0.2, 0) is 0 Å². The SMILES string of the molecule is CC1CC(=NNC(N)=O)CCN1C. The van der Waals surface area contributed by atoms with Crippen LogP contribution >= 0.6 is 0 Å². The summed E-state index contributed by atoms with van der Waals surface area (Å²) in [6, 6.07) is -0.110. The molecule has 1 rings (SSSR count). The van der Waals surface area contributed by atoms with E-state index in [1.54, 1.807) is 0 Å². The first-order valence-corrected chi connectivity index (χ1v) is 4.40. The van der Waals surface area contributed by atoms with E-state index in [1.165, 1.54) is 0 Å². The molecule has 0 aromatic carbocycles. The zero-order valence-electron chi connectivity index (χ0n) is 8.08. The third-order valence-corrected chi connectivity index (χ3v) is 2.36. The number of amides is 2. The van der Waals surface area contributed by atoms with Gasteiger partial charge in [-0.25, -0.2) is 10.2 Å². The van der Waals surface area contributed by atoms with Crippen molar-refractivity contribution in [2.75, 3.05) is 13.6 Å². The van der Waals surface area contributed by atoms with E-state index in [0.29, 0.717) is 6.04 Å². The fraction of sp³-hybridized carbons (Fsp3) is 0.750. The Labute approximate surface area is 78.0 Å². The Balaban J connectivity index is 2.45. The van der Waals surface area contributed by atoms with Crippen molar-refractivity contribution in [3.8, 4) is 0 Å². The van der Waals surface area contributed by atoms with Crippen LogP contribution in [0.4, 0.5) is 4.79 Å². The summed E-state index contributed by atoms with van der Waals surface area (Å²) in [5.74, 6) is 0. The van der Waals surface area contributed by atoms with E-state index < -0.39 is 6.03 Å². The molecule has 3 N–H and O–H groups in total. The van der Waals surface area contributed by atoms with Crippen LogP contribution in [0, 0.1) is 0 Å². The Morgan fingerprint density at radius 2 is 2.46 bits per heavy atom. The standard InChI is InChI=1S/C8H16N4O/c1-6-5-7(3-4-12(6)2)10-11-8(9)13/h6H,3-5H2,1-2H3,(H3,9,11,13). The van der Waals surface area contributed by atoms with E-state index in [0.717, 1.165) is 25.1 Å². The number of nitrogens with two attached hydrogens (primary N) is 1. The number of primary amides is 1. The van der Waals surface area contributed by atoms with Crippen LogP contribution in [0.1, 0.15) is 19.8 Å². The summed E-state index contributed by atoms with van der Waals surface area (Å²) in [6.45, 7) is 3.12. The van der Waals surface area contributed by atoms with Crippen LogP contribution in [-0.4, -0.2) is 36.3 Å². The Kier molecular flexibility index (Phi) is 3.25. The maximum atomic E-state index is 10.4. The van der Waals surface area contributed by atoms with Crippen LogP contribution in [0.3, 0.4) is 0 Å². The van der Waals surface area contributed by atoms with Crippen molar-refractivity contribution < 1.29 is 4.79 Å². The maximum absolute atomic E-state index is 10.4. The molecule has 1 unspecified atom stereocenters. The average Bonchev–Trinajstić information content (AvgIpc) is 2.07. The van der Waals surface area contributed by atoms with E-state index in [9.17, 15) is 4.79 Å². The molecule has 1 saturated heterocycles. The molecule has 1 fully saturated rings. The van der Waals surface area contributed by atoms with Gasteiger partial charge in [-0.1, -0.05) is 0 Å². The van der Waals surface area contributed by atoms with Gasteiger partial charge < -0.3 is 10.6 Å². The number of rotatable bonds is 1. The fourth-order valence-electron chi connectivity index (χ4n) is 1.36. The summed E-state index contributed by atoms with van der Waals surface area (Å²) >= 11 is 0. The number of nitrogens with one attached hydrogen (secondary N) is 1. The van der Waals surface area contributed by atoms with Gasteiger partial charge in [-0.3, -0.25) is 0 Å². The second-order valence-corrected chi connectivity index (χ2v) is 3.44. The van der Waals surface area contributed by atoms with Gasteiger partial charge in [0.2, 0.25) is 0 Å². The normalized spacial score (nSPS) is 27.5. The highest BCUT2D eigenvalue weighted by Gasteiger charge is 2.18. The molecular formula is C8H16N4O. The Bertz CT molecular complexity index is 226. The second-order valence-electron chi connectivity index (χ2n) is 3.44. The molecule has 0 spiro atoms. The highest BCUT2D eigenvalue weighted by Crippen LogP contribution is 2.11. The molecule has 1 aliphatic heterocycles. The van der Waals surface area contributed by atoms with Gasteiger partial charge in [0.15, 0.2) is 0 Å². The minimum Gasteiger partial charge on any atom is -0.350 e. The van der Waals surface area contributed by atoms with E-state index in [2.05, 4.69) is 29.4 Å². The van der Waals surface area contributed by atoms with Crippen molar-refractivity contribution in [2.45, 2.75) is 25.8 Å². The molecule has 0 bridgehead atoms. The monoisotopic (exact) mass is 184 g/mol. The number of hydrogen-bond acceptors (Lipinski definition) is 3. The summed E-state index contributed by atoms with van der Waals surface area (Å²) in [5.41, 5.74) is 8.18. The molecule has 0 radical (unpaired) electrons. The van der Waals surface area contributed by atoms with Gasteiger partial charge in [0.1, 0.15) is 0 Å². The van der Waals surface area contributed by atoms with Gasteiger partial charge in [0.05, 0.1) is 0 Å². The molecule has 5 nitrogen and oxygen atoms in total. The second kappa shape index (κ2) is 4.23. The van der Waals surface area contributed by atoms with E-state index in [1.807, 2.05) is 0 Å². The lowest BCUT2D eigenvalue weighted by Crippen LogP contribution is -2.39. The van der Waals surface area contributed by atoms with Crippen LogP contribution in [0.15, 0.2) is 5.10 Å². The van der Waals surface area contributed by atoms with Crippen LogP contribution in [0.2, 0.25) is 0 Å². The highest BCUT2D eigenvalue weighted by atomic mass is 16.2. The van der Waals surface area contributed by atoms with Crippen molar-refractivity contribution in [1.29, 1.82) is 0 Å². The number of nitrogens with zero attached hydrogens (tertiary/aromatic N) is 2. The number of urea groups is 1. The molecule has 0 aromatic heterocycles. The lowest BCUT2D eigenvalue weighted by atomic mass is 10.0. The number of piperidine rings is 1. The van der Waals surface area contributed by atoms with Gasteiger partial charge in [0.25, 0.3) is 0 Å². The lowest BCUT2D eigenvalue weighted by molar-refractivity contribution is 0.246. The first-order valence-electron chi connectivity index (χ1n) is 4.40. The maximum Gasteiger partial charge on any atom is 0.332 e. The number of likely N-dealkylation sites (tertiary alicyclic amines) is 1. The number of carbonyl (C=O) groups is 1. The number of hydrazone groups is 1. The van der Waals surface area contributed by atoms with E-state index >= 15 is 0 Å². The smallest absolute Gasteiger partial charge is 0.332 e. The first-order chi connectivity index (χ1) is 6.09. The summed E-state index contributed by atoms with van der Waals surface area (Å²) in [5, 5.41) is 3.93. The minimum atomic E-state index is -0.598. The predicted molar refractivity (Wildman–Crippen MR) is 51.5 cm³/mol. The Morgan fingerprint density at radius 1 is 1.77 bits per heavy atom. The van der Waals surface area contributed by atoms with Gasteiger partial charge in [-0.05, 0) is 14.0 Å². The van der Waals surface area contributed by atoms with Crippen molar-refractivity contribution in [3.05, 3.63) is 0 Å². The van der Waals surface area contributed by atoms with Gasteiger partial charge in [-0.15, -0.1) is 0 Å². The van der Waals surface area contributed by atoms with Gasteiger partial charge in [0, 0.05) is 31.1 Å². The number of hydrogen-bond donors (Lipinski definition) is 2. The van der Waals surface area contributed by atoms with Crippen molar-refractivity contribution in [3.63, 3.8) is 0 Å². The zero-order valence-corrected chi connectivity index (χ0v) is 8.08. The van der Waals surface area contributed by atoms with Crippen LogP contribution < -0.4 is 11.2 Å². The minimum absolute atomic E-state index is 0.488. The molecule has 0 aromatic rings. The summed E-state index contributed by atoms with van der Waals surface area (Å²) in [6.07, 6.45) is 1.80. The number of carbonyl (C=O) groups excluding carboxylic acids is 1. The molecule has 13 heavy (non-hydrogen) atoms. The molecule has 0 aliphatic carbocycles. The van der Waals surface area contributed by atoms with Crippen LogP contribution in [0.25, 0.3) is 0 Å². The average molecular weight is 184 g/mol. The van der Waals surface area contributed by atoms with Gasteiger partial charge in [-0.2, -0.15) is 5.10 Å². The lowest BCUT2D eigenvalue weighted by Gasteiger charge is -2.30.